The molecule has 0 fully saturated rings. The zero-order chi connectivity index (χ0) is 21.4. The van der Waals surface area contributed by atoms with Gasteiger partial charge in [0.05, 0.1) is 24.7 Å². The average molecular weight is 456 g/mol. The van der Waals surface area contributed by atoms with Gasteiger partial charge in [0, 0.05) is 40.6 Å². The molecule has 3 heterocycles. The minimum absolute atomic E-state index is 0.169. The van der Waals surface area contributed by atoms with Crippen molar-refractivity contribution in [2.75, 3.05) is 19.7 Å². The minimum Gasteiger partial charge on any atom is -0.492 e. The third-order valence-electron chi connectivity index (χ3n) is 5.51. The maximum atomic E-state index is 11.8. The number of halogens is 1. The van der Waals surface area contributed by atoms with Gasteiger partial charge in [0.1, 0.15) is 12.4 Å². The minimum atomic E-state index is -0.169. The van der Waals surface area contributed by atoms with Gasteiger partial charge in [0.15, 0.2) is 0 Å². The number of hydrazine groups is 1. The summed E-state index contributed by atoms with van der Waals surface area (Å²) >= 11 is 7.65. The Labute approximate surface area is 189 Å². The number of aromatic nitrogens is 1. The van der Waals surface area contributed by atoms with Crippen molar-refractivity contribution in [3.8, 4) is 5.75 Å². The predicted molar refractivity (Wildman–Crippen MR) is 123 cm³/mol. The Balaban J connectivity index is 1.34. The number of nitrogens with zero attached hydrogens (tertiary/aromatic N) is 3. The van der Waals surface area contributed by atoms with E-state index in [4.69, 9.17) is 22.2 Å². The lowest BCUT2D eigenvalue weighted by Gasteiger charge is -2.33. The van der Waals surface area contributed by atoms with Gasteiger partial charge >= 0.3 is 0 Å². The van der Waals surface area contributed by atoms with Gasteiger partial charge in [0.2, 0.25) is 6.41 Å². The molecule has 1 amide bonds. The lowest BCUT2D eigenvalue weighted by atomic mass is 9.93. The van der Waals surface area contributed by atoms with E-state index < -0.39 is 0 Å². The van der Waals surface area contributed by atoms with Crippen LogP contribution in [-0.4, -0.2) is 44.7 Å². The number of fused-ring (bicyclic) bond motifs is 3. The van der Waals surface area contributed by atoms with Crippen LogP contribution in [0.1, 0.15) is 22.9 Å². The predicted octanol–water partition coefficient (Wildman–Crippen LogP) is 3.83. The number of nitrogens with two attached hydrogens (primary N) is 1. The van der Waals surface area contributed by atoms with E-state index in [1.54, 1.807) is 4.41 Å². The van der Waals surface area contributed by atoms with Gasteiger partial charge < -0.3 is 14.6 Å². The highest BCUT2D eigenvalue weighted by Crippen LogP contribution is 2.38. The fraction of sp³-hybridized carbons (Fsp3) is 0.227. The molecule has 1 unspecified atom stereocenters. The molecule has 0 radical (unpaired) electrons. The Hall–Kier alpha value is -2.65. The monoisotopic (exact) mass is 455 g/mol. The molecule has 3 aromatic rings. The van der Waals surface area contributed by atoms with E-state index in [1.807, 2.05) is 64.1 Å². The fourth-order valence-corrected chi connectivity index (χ4v) is 4.73. The van der Waals surface area contributed by atoms with Crippen LogP contribution in [0.4, 0.5) is 0 Å². The van der Waals surface area contributed by atoms with Crippen molar-refractivity contribution in [3.05, 3.63) is 76.7 Å². The highest BCUT2D eigenvalue weighted by atomic mass is 35.5. The summed E-state index contributed by atoms with van der Waals surface area (Å²) in [6, 6.07) is 13.6. The largest absolute Gasteiger partial charge is 0.492 e. The van der Waals surface area contributed by atoms with E-state index >= 15 is 0 Å². The van der Waals surface area contributed by atoms with Crippen LogP contribution >= 0.6 is 23.7 Å². The van der Waals surface area contributed by atoms with Crippen molar-refractivity contribution < 1.29 is 9.53 Å². The van der Waals surface area contributed by atoms with Gasteiger partial charge in [-0.05, 0) is 47.9 Å². The van der Waals surface area contributed by atoms with E-state index in [0.717, 1.165) is 40.7 Å². The number of amides is 1. The van der Waals surface area contributed by atoms with Crippen LogP contribution in [0.25, 0.3) is 10.9 Å². The molecule has 1 atom stereocenters. The number of benzene rings is 2. The molecule has 1 aromatic heterocycles. The highest BCUT2D eigenvalue weighted by molar-refractivity contribution is 7.95. The number of ether oxygens (including phenoxy) is 1. The van der Waals surface area contributed by atoms with Crippen LogP contribution < -0.4 is 10.6 Å². The number of carbonyl (C=O) groups is 1. The summed E-state index contributed by atoms with van der Waals surface area (Å²) < 4.78 is 9.37. The second-order valence-electron chi connectivity index (χ2n) is 7.50. The SMILES string of the molecule is NN(CCOc1ccc(C2c3[nH]c4ccc(Cl)cc4c3CCN2C=O)cc1)SN1C=C1. The van der Waals surface area contributed by atoms with Crippen molar-refractivity contribution in [1.82, 2.24) is 18.6 Å². The summed E-state index contributed by atoms with van der Waals surface area (Å²) in [5.74, 6) is 6.67. The number of hydrogen-bond donors (Lipinski definition) is 2. The van der Waals surface area contributed by atoms with Gasteiger partial charge in [-0.3, -0.25) is 14.9 Å². The molecule has 0 saturated carbocycles. The lowest BCUT2D eigenvalue weighted by molar-refractivity contribution is -0.120. The zero-order valence-corrected chi connectivity index (χ0v) is 18.3. The number of carbonyl (C=O) groups excluding carboxylic acids is 1. The maximum absolute atomic E-state index is 11.8. The first-order valence-corrected chi connectivity index (χ1v) is 11.1. The lowest BCUT2D eigenvalue weighted by Crippen LogP contribution is -2.35. The Morgan fingerprint density at radius 1 is 1.26 bits per heavy atom. The molecule has 31 heavy (non-hydrogen) atoms. The van der Waals surface area contributed by atoms with Crippen molar-refractivity contribution in [3.63, 3.8) is 0 Å². The summed E-state index contributed by atoms with van der Waals surface area (Å²) in [5.41, 5.74) is 4.34. The molecule has 7 nitrogen and oxygen atoms in total. The van der Waals surface area contributed by atoms with Crippen molar-refractivity contribution in [2.24, 2.45) is 5.84 Å². The quantitative estimate of drug-likeness (QED) is 0.232. The Kier molecular flexibility index (Phi) is 5.54. The van der Waals surface area contributed by atoms with Gasteiger partial charge in [0.25, 0.3) is 0 Å². The topological polar surface area (TPSA) is 77.6 Å². The molecular formula is C22H22ClN5O2S. The molecule has 0 bridgehead atoms. The molecular weight excluding hydrogens is 434 g/mol. The number of hydrogen-bond acceptors (Lipinski definition) is 6. The normalized spacial score (nSPS) is 17.3. The van der Waals surface area contributed by atoms with Gasteiger partial charge in [-0.2, -0.15) is 4.41 Å². The van der Waals surface area contributed by atoms with Gasteiger partial charge in [-0.25, -0.2) is 0 Å². The summed E-state index contributed by atoms with van der Waals surface area (Å²) in [5, 5.41) is 1.84. The number of rotatable bonds is 8. The molecule has 2 aliphatic rings. The standard InChI is InChI=1S/C22H22ClN5O2S/c23-16-3-6-20-19(13-16)18-7-8-26(14-29)22(21(18)25-20)15-1-4-17(5-2-15)30-12-11-28(24)31-27-9-10-27/h1-6,9-10,13-14,22,25H,7-8,11-12,24H2. The number of H-pyrrole nitrogens is 1. The Morgan fingerprint density at radius 2 is 2.06 bits per heavy atom. The van der Waals surface area contributed by atoms with E-state index in [9.17, 15) is 4.79 Å². The van der Waals surface area contributed by atoms with Crippen molar-refractivity contribution >= 4 is 41.0 Å². The summed E-state index contributed by atoms with van der Waals surface area (Å²) in [4.78, 5) is 17.2. The second kappa shape index (κ2) is 8.47. The van der Waals surface area contributed by atoms with Crippen molar-refractivity contribution in [2.45, 2.75) is 12.5 Å². The molecule has 2 aliphatic heterocycles. The van der Waals surface area contributed by atoms with Crippen molar-refractivity contribution in [1.29, 1.82) is 0 Å². The van der Waals surface area contributed by atoms with Crippen LogP contribution in [0.2, 0.25) is 5.02 Å². The van der Waals surface area contributed by atoms with E-state index in [1.165, 1.54) is 17.7 Å². The molecule has 0 aliphatic carbocycles. The third-order valence-corrected chi connectivity index (χ3v) is 6.57. The van der Waals surface area contributed by atoms with Gasteiger partial charge in [-0.15, -0.1) is 0 Å². The molecule has 0 saturated heterocycles. The average Bonchev–Trinajstić information content (AvgIpc) is 3.51. The molecule has 5 rings (SSSR count). The van der Waals surface area contributed by atoms with Crippen LogP contribution in [0.5, 0.6) is 5.75 Å². The zero-order valence-electron chi connectivity index (χ0n) is 16.7. The number of aromatic amines is 1. The molecule has 160 valence electrons. The highest BCUT2D eigenvalue weighted by Gasteiger charge is 2.31. The fourth-order valence-electron chi connectivity index (χ4n) is 3.99. The molecule has 9 heteroatoms. The third kappa shape index (κ3) is 4.24. The van der Waals surface area contributed by atoms with Crippen LogP contribution in [0.3, 0.4) is 0 Å². The van der Waals surface area contributed by atoms with Gasteiger partial charge in [-0.1, -0.05) is 23.7 Å². The summed E-state index contributed by atoms with van der Waals surface area (Å²) in [6.07, 6.45) is 5.59. The Bertz CT molecular complexity index is 1130. The van der Waals surface area contributed by atoms with Crippen LogP contribution in [0, 0.1) is 0 Å². The maximum Gasteiger partial charge on any atom is 0.210 e. The Morgan fingerprint density at radius 3 is 2.81 bits per heavy atom. The van der Waals surface area contributed by atoms with Crippen LogP contribution in [-0.2, 0) is 11.2 Å². The summed E-state index contributed by atoms with van der Waals surface area (Å²) in [6.45, 7) is 1.73. The van der Waals surface area contributed by atoms with E-state index in [0.29, 0.717) is 24.7 Å². The van der Waals surface area contributed by atoms with Crippen LogP contribution in [0.15, 0.2) is 54.9 Å². The summed E-state index contributed by atoms with van der Waals surface area (Å²) in [7, 11) is 0. The number of nitrogens with one attached hydrogen (secondary N) is 1. The molecule has 2 aromatic carbocycles. The smallest absolute Gasteiger partial charge is 0.210 e. The first-order chi connectivity index (χ1) is 15.1. The molecule has 3 N–H and O–H groups in total. The first-order valence-electron chi connectivity index (χ1n) is 10.0. The van der Waals surface area contributed by atoms with E-state index in [2.05, 4.69) is 4.98 Å². The van der Waals surface area contributed by atoms with E-state index in [-0.39, 0.29) is 6.04 Å². The second-order valence-corrected chi connectivity index (χ2v) is 8.99. The molecule has 0 spiro atoms. The first kappa shape index (κ1) is 20.3.